The molecule has 3 heteroatoms. The first kappa shape index (κ1) is 15.2. The molecule has 0 fully saturated rings. The van der Waals surface area contributed by atoms with Crippen LogP contribution in [0.2, 0.25) is 0 Å². The molecule has 0 unspecified atom stereocenters. The molecule has 0 radical (unpaired) electrons. The van der Waals surface area contributed by atoms with E-state index in [0.29, 0.717) is 5.75 Å². The normalized spacial score (nSPS) is 7.67. The third-order valence-corrected chi connectivity index (χ3v) is 1.36. The Morgan fingerprint density at radius 3 is 2.33 bits per heavy atom. The van der Waals surface area contributed by atoms with Gasteiger partial charge >= 0.3 is 59.1 Å². The first-order chi connectivity index (χ1) is 4.84. The van der Waals surface area contributed by atoms with E-state index in [4.69, 9.17) is 0 Å². The predicted molar refractivity (Wildman–Crippen MR) is 56.3 cm³/mol. The summed E-state index contributed by atoms with van der Waals surface area (Å²) in [5.74, 6) is 0.349. The molecule has 0 bridgehead atoms. The van der Waals surface area contributed by atoms with Gasteiger partial charge in [0.25, 0.3) is 0 Å². The molecule has 0 aromatic heterocycles. The predicted octanol–water partition coefficient (Wildman–Crippen LogP) is 0.824. The second-order valence-corrected chi connectivity index (χ2v) is 2.12. The van der Waals surface area contributed by atoms with Crippen LogP contribution in [0.15, 0.2) is 36.9 Å². The third-order valence-electron chi connectivity index (χ3n) is 1.36. The number of hydrogen-bond acceptors (Lipinski definition) is 1. The van der Waals surface area contributed by atoms with Crippen LogP contribution < -0.4 is 0 Å². The van der Waals surface area contributed by atoms with Gasteiger partial charge in [0, 0.05) is 0 Å². The van der Waals surface area contributed by atoms with Gasteiger partial charge in [-0.1, -0.05) is 24.3 Å². The van der Waals surface area contributed by atoms with Crippen LogP contribution in [0, 0.1) is 0 Å². The summed E-state index contributed by atoms with van der Waals surface area (Å²) in [5, 5.41) is 9.19. The molecule has 1 nitrogen and oxygen atoms in total. The van der Waals surface area contributed by atoms with E-state index in [1.165, 1.54) is 0 Å². The maximum absolute atomic E-state index is 9.19. The minimum absolute atomic E-state index is 0. The van der Waals surface area contributed by atoms with Gasteiger partial charge in [0.05, 0.1) is 0 Å². The molecule has 0 saturated heterocycles. The van der Waals surface area contributed by atoms with Gasteiger partial charge in [-0.05, 0) is 18.1 Å². The van der Waals surface area contributed by atoms with E-state index in [9.17, 15) is 5.11 Å². The van der Waals surface area contributed by atoms with Gasteiger partial charge in [-0.15, -0.1) is 6.58 Å². The number of allylic oxidation sites excluding steroid dienone is 1. The van der Waals surface area contributed by atoms with Crippen molar-refractivity contribution in [1.29, 1.82) is 0 Å². The van der Waals surface area contributed by atoms with E-state index in [2.05, 4.69) is 6.58 Å². The molecule has 0 heterocycles. The fraction of sp³-hybridized carbons (Fsp3) is 0.111. The van der Waals surface area contributed by atoms with Crippen LogP contribution >= 0.6 is 0 Å². The van der Waals surface area contributed by atoms with Crippen LogP contribution in [-0.2, 0) is 6.42 Å². The number of hydrogen-bond donors (Lipinski definition) is 1. The standard InChI is InChI=1S/C9H10O.2Na.2H/c1-2-5-8-6-3-4-7-9(8)10;;;;/h2-4,6-7,10H,1,5H2;;;;. The Labute approximate surface area is 117 Å². The Balaban J connectivity index is 0. The summed E-state index contributed by atoms with van der Waals surface area (Å²) in [6, 6.07) is 7.27. The van der Waals surface area contributed by atoms with Crippen molar-refractivity contribution in [3.63, 3.8) is 0 Å². The minimum atomic E-state index is 0. The molecule has 0 amide bonds. The zero-order valence-electron chi connectivity index (χ0n) is 5.75. The quantitative estimate of drug-likeness (QED) is 0.530. The van der Waals surface area contributed by atoms with Crippen LogP contribution in [0.5, 0.6) is 5.75 Å². The van der Waals surface area contributed by atoms with E-state index in [1.807, 2.05) is 18.2 Å². The Morgan fingerprint density at radius 1 is 1.25 bits per heavy atom. The summed E-state index contributed by atoms with van der Waals surface area (Å²) >= 11 is 0. The van der Waals surface area contributed by atoms with Crippen molar-refractivity contribution in [1.82, 2.24) is 0 Å². The van der Waals surface area contributed by atoms with E-state index < -0.39 is 0 Å². The molecule has 0 aliphatic rings. The number of phenolic OH excluding ortho intramolecular Hbond substituents is 1. The molecule has 1 rings (SSSR count). The van der Waals surface area contributed by atoms with Crippen LogP contribution in [0.1, 0.15) is 5.56 Å². The zero-order chi connectivity index (χ0) is 7.40. The molecular formula is C9H12Na2O. The monoisotopic (exact) mass is 182 g/mol. The Bertz CT molecular complexity index is 236. The van der Waals surface area contributed by atoms with Crippen molar-refractivity contribution in [2.75, 3.05) is 0 Å². The molecule has 1 aromatic carbocycles. The Hall–Kier alpha value is 0.760. The molecule has 0 saturated carbocycles. The van der Waals surface area contributed by atoms with E-state index >= 15 is 0 Å². The Morgan fingerprint density at radius 2 is 1.83 bits per heavy atom. The molecule has 0 atom stereocenters. The van der Waals surface area contributed by atoms with Crippen LogP contribution in [0.3, 0.4) is 0 Å². The van der Waals surface area contributed by atoms with Crippen molar-refractivity contribution < 1.29 is 5.11 Å². The van der Waals surface area contributed by atoms with Gasteiger partial charge in [-0.3, -0.25) is 0 Å². The summed E-state index contributed by atoms with van der Waals surface area (Å²) in [6.45, 7) is 3.59. The van der Waals surface area contributed by atoms with Gasteiger partial charge < -0.3 is 5.11 Å². The van der Waals surface area contributed by atoms with Crippen molar-refractivity contribution in [2.45, 2.75) is 6.42 Å². The summed E-state index contributed by atoms with van der Waals surface area (Å²) in [6.07, 6.45) is 2.50. The third kappa shape index (κ3) is 4.70. The molecule has 1 N–H and O–H groups in total. The second kappa shape index (κ2) is 8.36. The molecule has 0 aliphatic carbocycles. The number of phenols is 1. The average Bonchev–Trinajstić information content (AvgIpc) is 1.94. The molecule has 12 heavy (non-hydrogen) atoms. The van der Waals surface area contributed by atoms with Gasteiger partial charge in [-0.25, -0.2) is 0 Å². The maximum atomic E-state index is 9.19. The van der Waals surface area contributed by atoms with Crippen LogP contribution in [0.25, 0.3) is 0 Å². The van der Waals surface area contributed by atoms with Gasteiger partial charge in [-0.2, -0.15) is 0 Å². The van der Waals surface area contributed by atoms with E-state index in [1.54, 1.807) is 12.1 Å². The number of rotatable bonds is 2. The fourth-order valence-electron chi connectivity index (χ4n) is 0.839. The van der Waals surface area contributed by atoms with Crippen LogP contribution in [-0.4, -0.2) is 64.2 Å². The SMILES string of the molecule is C=CCc1ccccc1O.[NaH].[NaH]. The summed E-state index contributed by atoms with van der Waals surface area (Å²) in [4.78, 5) is 0. The molecular weight excluding hydrogens is 170 g/mol. The van der Waals surface area contributed by atoms with Crippen molar-refractivity contribution in [3.05, 3.63) is 42.5 Å². The average molecular weight is 182 g/mol. The van der Waals surface area contributed by atoms with Gasteiger partial charge in [0.1, 0.15) is 5.75 Å². The van der Waals surface area contributed by atoms with E-state index in [-0.39, 0.29) is 59.1 Å². The van der Waals surface area contributed by atoms with Crippen LogP contribution in [0.4, 0.5) is 0 Å². The van der Waals surface area contributed by atoms with Crippen molar-refractivity contribution >= 4 is 59.1 Å². The molecule has 0 aliphatic heterocycles. The van der Waals surface area contributed by atoms with Crippen molar-refractivity contribution in [2.24, 2.45) is 0 Å². The summed E-state index contributed by atoms with van der Waals surface area (Å²) in [7, 11) is 0. The molecule has 0 spiro atoms. The first-order valence-corrected chi connectivity index (χ1v) is 3.22. The topological polar surface area (TPSA) is 20.2 Å². The van der Waals surface area contributed by atoms with Gasteiger partial charge in [0.2, 0.25) is 0 Å². The molecule has 1 aromatic rings. The number of para-hydroxylation sites is 1. The Kier molecular flexibility index (Phi) is 10.6. The summed E-state index contributed by atoms with van der Waals surface area (Å²) < 4.78 is 0. The number of aromatic hydroxyl groups is 1. The second-order valence-electron chi connectivity index (χ2n) is 2.12. The zero-order valence-corrected chi connectivity index (χ0v) is 5.75. The number of benzene rings is 1. The fourth-order valence-corrected chi connectivity index (χ4v) is 0.839. The van der Waals surface area contributed by atoms with Gasteiger partial charge in [0.15, 0.2) is 0 Å². The molecule has 56 valence electrons. The summed E-state index contributed by atoms with van der Waals surface area (Å²) in [5.41, 5.74) is 0.928. The first-order valence-electron chi connectivity index (χ1n) is 3.22. The van der Waals surface area contributed by atoms with Crippen molar-refractivity contribution in [3.8, 4) is 5.75 Å². The van der Waals surface area contributed by atoms with E-state index in [0.717, 1.165) is 12.0 Å².